The van der Waals surface area contributed by atoms with Gasteiger partial charge in [0.2, 0.25) is 9.84 Å². The molecule has 2 aromatic carbocycles. The Kier molecular flexibility index (Phi) is 5.06. The highest BCUT2D eigenvalue weighted by Gasteiger charge is 2.25. The van der Waals surface area contributed by atoms with Crippen LogP contribution in [-0.2, 0) is 16.4 Å². The smallest absolute Gasteiger partial charge is 0.228 e. The fraction of sp³-hybridized carbons (Fsp3) is 0.0435. The number of nitrogen functional groups attached to an aromatic ring is 1. The van der Waals surface area contributed by atoms with Crippen molar-refractivity contribution in [1.29, 1.82) is 0 Å². The van der Waals surface area contributed by atoms with Gasteiger partial charge in [-0.05, 0) is 24.3 Å². The zero-order valence-corrected chi connectivity index (χ0v) is 17.9. The predicted molar refractivity (Wildman–Crippen MR) is 120 cm³/mol. The largest absolute Gasteiger partial charge is 0.382 e. The minimum Gasteiger partial charge on any atom is -0.382 e. The van der Waals surface area contributed by atoms with E-state index >= 15 is 0 Å². The molecule has 0 saturated heterocycles. The zero-order valence-electron chi connectivity index (χ0n) is 17.1. The number of nitrogens with two attached hydrogens (primary N) is 1. The molecule has 3 heterocycles. The molecule has 0 aliphatic heterocycles. The average molecular weight is 460 g/mol. The molecule has 0 saturated carbocycles. The quantitative estimate of drug-likeness (QED) is 0.427. The van der Waals surface area contributed by atoms with Gasteiger partial charge in [0.1, 0.15) is 22.2 Å². The van der Waals surface area contributed by atoms with Crippen LogP contribution in [0.4, 0.5) is 10.2 Å². The van der Waals surface area contributed by atoms with E-state index in [0.29, 0.717) is 11.3 Å². The van der Waals surface area contributed by atoms with E-state index in [-0.39, 0.29) is 33.9 Å². The Labute approximate surface area is 188 Å². The van der Waals surface area contributed by atoms with Crippen LogP contribution >= 0.6 is 0 Å². The van der Waals surface area contributed by atoms with Gasteiger partial charge in [0.25, 0.3) is 0 Å². The van der Waals surface area contributed by atoms with Gasteiger partial charge in [0, 0.05) is 17.1 Å². The first-order chi connectivity index (χ1) is 15.9. The van der Waals surface area contributed by atoms with Crippen molar-refractivity contribution < 1.29 is 12.8 Å². The normalized spacial score (nSPS) is 11.7. The van der Waals surface area contributed by atoms with Crippen molar-refractivity contribution in [2.75, 3.05) is 5.73 Å². The molecular formula is C23H17FN6O2S. The number of hydrogen-bond donors (Lipinski definition) is 1. The van der Waals surface area contributed by atoms with E-state index in [1.54, 1.807) is 35.0 Å². The van der Waals surface area contributed by atoms with Crippen LogP contribution in [0.1, 0.15) is 5.56 Å². The summed E-state index contributed by atoms with van der Waals surface area (Å²) in [4.78, 5) is 12.1. The van der Waals surface area contributed by atoms with Gasteiger partial charge in [-0.3, -0.25) is 4.68 Å². The van der Waals surface area contributed by atoms with Crippen molar-refractivity contribution in [2.24, 2.45) is 0 Å². The van der Waals surface area contributed by atoms with Gasteiger partial charge >= 0.3 is 0 Å². The van der Waals surface area contributed by atoms with Gasteiger partial charge in [0.05, 0.1) is 18.3 Å². The molecule has 0 aliphatic carbocycles. The number of aromatic nitrogens is 5. The molecule has 5 aromatic rings. The molecule has 164 valence electrons. The van der Waals surface area contributed by atoms with E-state index in [4.69, 9.17) is 5.73 Å². The maximum Gasteiger partial charge on any atom is 0.228 e. The highest BCUT2D eigenvalue weighted by atomic mass is 32.2. The van der Waals surface area contributed by atoms with Crippen molar-refractivity contribution >= 4 is 26.6 Å². The lowest BCUT2D eigenvalue weighted by Gasteiger charge is -2.07. The molecule has 0 bridgehead atoms. The molecule has 0 spiro atoms. The van der Waals surface area contributed by atoms with Crippen molar-refractivity contribution in [3.05, 3.63) is 90.5 Å². The summed E-state index contributed by atoms with van der Waals surface area (Å²) in [7, 11) is -3.98. The summed E-state index contributed by atoms with van der Waals surface area (Å²) in [6.45, 7) is 0.203. The number of para-hydroxylation sites is 1. The first-order valence-corrected chi connectivity index (χ1v) is 11.4. The van der Waals surface area contributed by atoms with Crippen LogP contribution in [0.15, 0.2) is 89.0 Å². The molecule has 0 atom stereocenters. The summed E-state index contributed by atoms with van der Waals surface area (Å²) in [5.41, 5.74) is 7.68. The number of anilines is 1. The number of halogens is 1. The molecule has 0 amide bonds. The number of sulfone groups is 1. The van der Waals surface area contributed by atoms with Crippen molar-refractivity contribution in [3.8, 4) is 11.5 Å². The van der Waals surface area contributed by atoms with Gasteiger partial charge in [0.15, 0.2) is 10.9 Å². The first-order valence-electron chi connectivity index (χ1n) is 9.93. The molecule has 5 rings (SSSR count). The van der Waals surface area contributed by atoms with Crippen LogP contribution in [0.5, 0.6) is 0 Å². The van der Waals surface area contributed by atoms with E-state index in [9.17, 15) is 12.8 Å². The Morgan fingerprint density at radius 1 is 0.939 bits per heavy atom. The predicted octanol–water partition coefficient (Wildman–Crippen LogP) is 3.49. The summed E-state index contributed by atoms with van der Waals surface area (Å²) < 4.78 is 41.6. The van der Waals surface area contributed by atoms with E-state index in [1.807, 2.05) is 24.3 Å². The first kappa shape index (κ1) is 20.7. The van der Waals surface area contributed by atoms with Gasteiger partial charge in [-0.25, -0.2) is 27.8 Å². The number of benzene rings is 2. The minimum atomic E-state index is -3.98. The number of fused-ring (bicyclic) bond motifs is 1. The van der Waals surface area contributed by atoms with Crippen molar-refractivity contribution in [2.45, 2.75) is 16.5 Å². The molecule has 2 N–H and O–H groups in total. The Hall–Kier alpha value is -4.18. The number of hydrogen-bond acceptors (Lipinski definition) is 7. The Morgan fingerprint density at radius 3 is 2.45 bits per heavy atom. The average Bonchev–Trinajstić information content (AvgIpc) is 3.19. The van der Waals surface area contributed by atoms with Crippen LogP contribution in [0.25, 0.3) is 22.4 Å². The molecule has 0 fully saturated rings. The molecule has 33 heavy (non-hydrogen) atoms. The summed E-state index contributed by atoms with van der Waals surface area (Å²) in [6, 6.07) is 18.4. The Balaban J connectivity index is 1.59. The number of nitrogens with zero attached hydrogens (tertiary/aromatic N) is 5. The number of pyridine rings is 1. The highest BCUT2D eigenvalue weighted by Crippen LogP contribution is 2.29. The summed E-state index contributed by atoms with van der Waals surface area (Å²) in [5.74, 6) is -0.377. The second-order valence-corrected chi connectivity index (χ2v) is 9.09. The second kappa shape index (κ2) is 8.06. The second-order valence-electron chi connectivity index (χ2n) is 7.23. The lowest BCUT2D eigenvalue weighted by Crippen LogP contribution is -2.10. The SMILES string of the molecule is Nc1nc(-c2nn(Cc3ccccc3F)c3ccccc23)ncc1S(=O)(=O)c1ccccn1. The third kappa shape index (κ3) is 3.70. The summed E-state index contributed by atoms with van der Waals surface area (Å²) >= 11 is 0. The standard InChI is InChI=1S/C23H17FN6O2S/c24-17-9-3-1-7-15(17)14-30-18-10-4-2-8-16(18)21(29-30)23-27-13-19(22(25)28-23)33(31,32)20-11-5-6-12-26-20/h1-13H,14H2,(H2,25,27,28). The minimum absolute atomic E-state index is 0.146. The molecular weight excluding hydrogens is 443 g/mol. The van der Waals surface area contributed by atoms with Crippen LogP contribution in [-0.4, -0.2) is 33.2 Å². The maximum atomic E-state index is 14.2. The van der Waals surface area contributed by atoms with Gasteiger partial charge < -0.3 is 5.73 Å². The number of rotatable bonds is 5. The lowest BCUT2D eigenvalue weighted by molar-refractivity contribution is 0.590. The fourth-order valence-electron chi connectivity index (χ4n) is 3.52. The van der Waals surface area contributed by atoms with Gasteiger partial charge in [-0.15, -0.1) is 0 Å². The fourth-order valence-corrected chi connectivity index (χ4v) is 4.72. The van der Waals surface area contributed by atoms with Crippen molar-refractivity contribution in [3.63, 3.8) is 0 Å². The molecule has 3 aromatic heterocycles. The van der Waals surface area contributed by atoms with E-state index in [2.05, 4.69) is 20.1 Å². The molecule has 0 unspecified atom stereocenters. The van der Waals surface area contributed by atoms with Crippen molar-refractivity contribution in [1.82, 2.24) is 24.7 Å². The molecule has 10 heteroatoms. The molecule has 8 nitrogen and oxygen atoms in total. The third-order valence-electron chi connectivity index (χ3n) is 5.13. The molecule has 0 radical (unpaired) electrons. The van der Waals surface area contributed by atoms with Crippen LogP contribution < -0.4 is 5.73 Å². The summed E-state index contributed by atoms with van der Waals surface area (Å²) in [6.07, 6.45) is 2.54. The van der Waals surface area contributed by atoms with Crippen LogP contribution in [0, 0.1) is 5.82 Å². The Morgan fingerprint density at radius 2 is 1.70 bits per heavy atom. The molecule has 0 aliphatic rings. The maximum absolute atomic E-state index is 14.2. The van der Waals surface area contributed by atoms with Crippen LogP contribution in [0.2, 0.25) is 0 Å². The van der Waals surface area contributed by atoms with Gasteiger partial charge in [-0.1, -0.05) is 42.5 Å². The monoisotopic (exact) mass is 460 g/mol. The van der Waals surface area contributed by atoms with E-state index in [0.717, 1.165) is 17.1 Å². The summed E-state index contributed by atoms with van der Waals surface area (Å²) in [5, 5.41) is 5.18. The topological polar surface area (TPSA) is 117 Å². The van der Waals surface area contributed by atoms with Gasteiger partial charge in [-0.2, -0.15) is 5.10 Å². The van der Waals surface area contributed by atoms with E-state index < -0.39 is 9.84 Å². The van der Waals surface area contributed by atoms with E-state index in [1.165, 1.54) is 18.3 Å². The lowest BCUT2D eigenvalue weighted by atomic mass is 10.2. The Bertz CT molecular complexity index is 1590. The van der Waals surface area contributed by atoms with Crippen LogP contribution in [0.3, 0.4) is 0 Å². The third-order valence-corrected chi connectivity index (χ3v) is 6.82. The zero-order chi connectivity index (χ0) is 23.0. The highest BCUT2D eigenvalue weighted by molar-refractivity contribution is 7.91.